The molecule has 0 saturated heterocycles. The molecule has 0 aromatic heterocycles. The minimum Gasteiger partial charge on any atom is -0.494 e. The van der Waals surface area contributed by atoms with E-state index in [9.17, 15) is 4.39 Å². The summed E-state index contributed by atoms with van der Waals surface area (Å²) in [4.78, 5) is 1.12. The molecule has 0 aliphatic carbocycles. The van der Waals surface area contributed by atoms with Crippen molar-refractivity contribution in [2.45, 2.75) is 17.6 Å². The van der Waals surface area contributed by atoms with Gasteiger partial charge in [-0.3, -0.25) is 0 Å². The lowest BCUT2D eigenvalue weighted by atomic mass is 10.2. The van der Waals surface area contributed by atoms with Crippen molar-refractivity contribution in [3.8, 4) is 5.75 Å². The second-order valence-electron chi connectivity index (χ2n) is 4.23. The van der Waals surface area contributed by atoms with Gasteiger partial charge in [-0.25, -0.2) is 4.39 Å². The highest BCUT2D eigenvalue weighted by Gasteiger charge is 2.06. The van der Waals surface area contributed by atoms with Gasteiger partial charge in [-0.1, -0.05) is 12.1 Å². The normalized spacial score (nSPS) is 10.5. The molecule has 0 aliphatic heterocycles. The third-order valence-corrected chi connectivity index (χ3v) is 4.17. The standard InChI is InChI=1S/C15H16FNOS/c1-10-13(17)4-3-5-15(10)19-9-11-6-7-14(18-2)12(16)8-11/h3-8H,9,17H2,1-2H3. The van der Waals surface area contributed by atoms with Gasteiger partial charge in [-0.2, -0.15) is 0 Å². The third-order valence-electron chi connectivity index (χ3n) is 2.94. The van der Waals surface area contributed by atoms with Crippen LogP contribution in [-0.2, 0) is 5.75 Å². The van der Waals surface area contributed by atoms with Gasteiger partial charge < -0.3 is 10.5 Å². The molecule has 4 heteroatoms. The molecule has 0 saturated carbocycles. The van der Waals surface area contributed by atoms with Crippen LogP contribution in [0.5, 0.6) is 5.75 Å². The lowest BCUT2D eigenvalue weighted by molar-refractivity contribution is 0.386. The third kappa shape index (κ3) is 3.20. The van der Waals surface area contributed by atoms with Crippen molar-refractivity contribution in [1.82, 2.24) is 0 Å². The molecule has 0 heterocycles. The van der Waals surface area contributed by atoms with Crippen molar-refractivity contribution in [2.75, 3.05) is 12.8 Å². The van der Waals surface area contributed by atoms with E-state index in [4.69, 9.17) is 10.5 Å². The zero-order chi connectivity index (χ0) is 13.8. The molecule has 0 bridgehead atoms. The number of nitrogen functional groups attached to an aromatic ring is 1. The smallest absolute Gasteiger partial charge is 0.165 e. The number of anilines is 1. The van der Waals surface area contributed by atoms with E-state index in [1.165, 1.54) is 13.2 Å². The van der Waals surface area contributed by atoms with Crippen molar-refractivity contribution < 1.29 is 9.13 Å². The van der Waals surface area contributed by atoms with E-state index in [0.717, 1.165) is 21.7 Å². The number of nitrogens with two attached hydrogens (primary N) is 1. The number of hydrogen-bond acceptors (Lipinski definition) is 3. The number of hydrogen-bond donors (Lipinski definition) is 1. The van der Waals surface area contributed by atoms with E-state index < -0.39 is 0 Å². The van der Waals surface area contributed by atoms with E-state index in [1.807, 2.05) is 31.2 Å². The minimum atomic E-state index is -0.329. The molecule has 19 heavy (non-hydrogen) atoms. The molecule has 0 unspecified atom stereocenters. The SMILES string of the molecule is COc1ccc(CSc2cccc(N)c2C)cc1F. The van der Waals surface area contributed by atoms with Crippen molar-refractivity contribution >= 4 is 17.4 Å². The molecule has 2 aromatic carbocycles. The highest BCUT2D eigenvalue weighted by molar-refractivity contribution is 7.98. The number of benzene rings is 2. The van der Waals surface area contributed by atoms with Gasteiger partial charge in [0.2, 0.25) is 0 Å². The first-order valence-electron chi connectivity index (χ1n) is 5.92. The Kier molecular flexibility index (Phi) is 4.32. The summed E-state index contributed by atoms with van der Waals surface area (Å²) in [6.45, 7) is 1.99. The largest absolute Gasteiger partial charge is 0.494 e. The monoisotopic (exact) mass is 277 g/mol. The molecule has 0 radical (unpaired) electrons. The molecule has 2 nitrogen and oxygen atoms in total. The van der Waals surface area contributed by atoms with Gasteiger partial charge in [0.15, 0.2) is 11.6 Å². The van der Waals surface area contributed by atoms with Crippen LogP contribution in [0.25, 0.3) is 0 Å². The number of methoxy groups -OCH3 is 1. The van der Waals surface area contributed by atoms with Crippen LogP contribution in [0.4, 0.5) is 10.1 Å². The summed E-state index contributed by atoms with van der Waals surface area (Å²) < 4.78 is 18.5. The molecule has 0 aliphatic rings. The predicted molar refractivity (Wildman–Crippen MR) is 78.1 cm³/mol. The second kappa shape index (κ2) is 5.97. The number of ether oxygens (including phenoxy) is 1. The van der Waals surface area contributed by atoms with Gasteiger partial charge in [0.25, 0.3) is 0 Å². The Morgan fingerprint density at radius 1 is 1.26 bits per heavy atom. The number of halogens is 1. The molecular weight excluding hydrogens is 261 g/mol. The maximum atomic E-state index is 13.6. The molecule has 0 spiro atoms. The average molecular weight is 277 g/mol. The van der Waals surface area contributed by atoms with Gasteiger partial charge in [0.05, 0.1) is 7.11 Å². The topological polar surface area (TPSA) is 35.2 Å². The van der Waals surface area contributed by atoms with Crippen LogP contribution in [0.2, 0.25) is 0 Å². The maximum Gasteiger partial charge on any atom is 0.165 e. The van der Waals surface area contributed by atoms with Gasteiger partial charge in [-0.15, -0.1) is 11.8 Å². The highest BCUT2D eigenvalue weighted by Crippen LogP contribution is 2.29. The van der Waals surface area contributed by atoms with Crippen LogP contribution in [0.15, 0.2) is 41.3 Å². The summed E-state index contributed by atoms with van der Waals surface area (Å²) >= 11 is 1.65. The van der Waals surface area contributed by atoms with Crippen molar-refractivity contribution in [2.24, 2.45) is 0 Å². The van der Waals surface area contributed by atoms with Crippen molar-refractivity contribution in [3.05, 3.63) is 53.3 Å². The maximum absolute atomic E-state index is 13.6. The van der Waals surface area contributed by atoms with Gasteiger partial charge in [0.1, 0.15) is 0 Å². The summed E-state index contributed by atoms with van der Waals surface area (Å²) in [7, 11) is 1.46. The predicted octanol–water partition coefficient (Wildman–Crippen LogP) is 4.02. The Morgan fingerprint density at radius 3 is 2.74 bits per heavy atom. The molecule has 0 amide bonds. The first kappa shape index (κ1) is 13.7. The molecule has 2 N–H and O–H groups in total. The van der Waals surface area contributed by atoms with Gasteiger partial charge in [0, 0.05) is 16.3 Å². The van der Waals surface area contributed by atoms with E-state index in [1.54, 1.807) is 17.8 Å². The summed E-state index contributed by atoms with van der Waals surface area (Å²) in [6, 6.07) is 10.9. The molecule has 100 valence electrons. The van der Waals surface area contributed by atoms with Crippen LogP contribution < -0.4 is 10.5 Å². The molecule has 2 rings (SSSR count). The second-order valence-corrected chi connectivity index (χ2v) is 5.25. The van der Waals surface area contributed by atoms with E-state index in [0.29, 0.717) is 5.75 Å². The van der Waals surface area contributed by atoms with Crippen LogP contribution in [0, 0.1) is 12.7 Å². The van der Waals surface area contributed by atoms with Crippen molar-refractivity contribution in [1.29, 1.82) is 0 Å². The summed E-state index contributed by atoms with van der Waals surface area (Å²) in [5.41, 5.74) is 8.64. The summed E-state index contributed by atoms with van der Waals surface area (Å²) in [5.74, 6) is 0.643. The van der Waals surface area contributed by atoms with E-state index >= 15 is 0 Å². The molecule has 0 fully saturated rings. The van der Waals surface area contributed by atoms with Crippen molar-refractivity contribution in [3.63, 3.8) is 0 Å². The zero-order valence-electron chi connectivity index (χ0n) is 10.9. The fourth-order valence-electron chi connectivity index (χ4n) is 1.75. The Hall–Kier alpha value is -1.68. The molecule has 0 atom stereocenters. The van der Waals surface area contributed by atoms with Crippen LogP contribution in [-0.4, -0.2) is 7.11 Å². The minimum absolute atomic E-state index is 0.272. The average Bonchev–Trinajstić information content (AvgIpc) is 2.40. The first-order chi connectivity index (χ1) is 9.11. The number of rotatable bonds is 4. The Morgan fingerprint density at radius 2 is 2.05 bits per heavy atom. The fourth-order valence-corrected chi connectivity index (χ4v) is 2.76. The molecular formula is C15H16FNOS. The zero-order valence-corrected chi connectivity index (χ0v) is 11.8. The lowest BCUT2D eigenvalue weighted by Gasteiger charge is -2.08. The molecule has 2 aromatic rings. The Balaban J connectivity index is 2.10. The summed E-state index contributed by atoms with van der Waals surface area (Å²) in [6.07, 6.45) is 0. The van der Waals surface area contributed by atoms with Gasteiger partial charge in [-0.05, 0) is 42.3 Å². The Bertz CT molecular complexity index is 586. The van der Waals surface area contributed by atoms with E-state index in [2.05, 4.69) is 0 Å². The van der Waals surface area contributed by atoms with E-state index in [-0.39, 0.29) is 11.6 Å². The lowest BCUT2D eigenvalue weighted by Crippen LogP contribution is -1.92. The number of thioether (sulfide) groups is 1. The highest BCUT2D eigenvalue weighted by atomic mass is 32.2. The van der Waals surface area contributed by atoms with Crippen LogP contribution in [0.3, 0.4) is 0 Å². The Labute approximate surface area is 116 Å². The van der Waals surface area contributed by atoms with Gasteiger partial charge >= 0.3 is 0 Å². The first-order valence-corrected chi connectivity index (χ1v) is 6.90. The quantitative estimate of drug-likeness (QED) is 0.677. The van der Waals surface area contributed by atoms with Crippen LogP contribution in [0.1, 0.15) is 11.1 Å². The fraction of sp³-hybridized carbons (Fsp3) is 0.200. The van der Waals surface area contributed by atoms with Crippen LogP contribution >= 0.6 is 11.8 Å². The summed E-state index contributed by atoms with van der Waals surface area (Å²) in [5, 5.41) is 0.